The summed E-state index contributed by atoms with van der Waals surface area (Å²) in [5, 5.41) is 0. The van der Waals surface area contributed by atoms with Gasteiger partial charge in [0.15, 0.2) is 0 Å². The third kappa shape index (κ3) is 3.80. The van der Waals surface area contributed by atoms with Crippen LogP contribution < -0.4 is 0 Å². The van der Waals surface area contributed by atoms with Gasteiger partial charge in [-0.05, 0) is 52.5 Å². The van der Waals surface area contributed by atoms with Gasteiger partial charge >= 0.3 is 0 Å². The maximum absolute atomic E-state index is 2.52. The van der Waals surface area contributed by atoms with Crippen molar-refractivity contribution >= 4 is 6.08 Å². The van der Waals surface area contributed by atoms with Gasteiger partial charge in [-0.3, -0.25) is 0 Å². The molecule has 0 aliphatic heterocycles. The smallest absolute Gasteiger partial charge is 0.00575 e. The van der Waals surface area contributed by atoms with Crippen LogP contribution in [0, 0.1) is 5.92 Å². The quantitative estimate of drug-likeness (QED) is 0.497. The standard InChI is InChI=1S/C26H32/c1-19(2)22-12-14-23(15-13-22)25-11-7-10-24-17-21(18-26(24)25)16-20-8-5-3-4-6-9-20/h7,10-15,18-20H,3-6,8-9,16-17H2,1-2H3. The first-order valence-electron chi connectivity index (χ1n) is 10.6. The lowest BCUT2D eigenvalue weighted by molar-refractivity contribution is 0.455. The van der Waals surface area contributed by atoms with Crippen molar-refractivity contribution in [1.29, 1.82) is 0 Å². The third-order valence-corrected chi connectivity index (χ3v) is 6.38. The van der Waals surface area contributed by atoms with E-state index in [4.69, 9.17) is 0 Å². The summed E-state index contributed by atoms with van der Waals surface area (Å²) in [5.74, 6) is 1.52. The van der Waals surface area contributed by atoms with Gasteiger partial charge in [-0.2, -0.15) is 0 Å². The van der Waals surface area contributed by atoms with E-state index in [-0.39, 0.29) is 0 Å². The summed E-state index contributed by atoms with van der Waals surface area (Å²) in [7, 11) is 0. The molecule has 0 nitrogen and oxygen atoms in total. The van der Waals surface area contributed by atoms with Crippen LogP contribution in [0.5, 0.6) is 0 Å². The Hall–Kier alpha value is -1.82. The Kier molecular flexibility index (Phi) is 5.29. The second-order valence-corrected chi connectivity index (χ2v) is 8.70. The molecule has 0 unspecified atom stereocenters. The van der Waals surface area contributed by atoms with Crippen LogP contribution in [0.25, 0.3) is 17.2 Å². The molecule has 0 heteroatoms. The molecule has 1 fully saturated rings. The highest BCUT2D eigenvalue weighted by Crippen LogP contribution is 2.38. The zero-order valence-corrected chi connectivity index (χ0v) is 16.4. The van der Waals surface area contributed by atoms with Gasteiger partial charge in [0.05, 0.1) is 0 Å². The van der Waals surface area contributed by atoms with Crippen LogP contribution in [0.3, 0.4) is 0 Å². The maximum atomic E-state index is 2.52. The van der Waals surface area contributed by atoms with Crippen LogP contribution in [0.1, 0.15) is 81.4 Å². The summed E-state index contributed by atoms with van der Waals surface area (Å²) < 4.78 is 0. The number of allylic oxidation sites excluding steroid dienone is 1. The first-order valence-corrected chi connectivity index (χ1v) is 10.6. The lowest BCUT2D eigenvalue weighted by Gasteiger charge is -2.14. The predicted molar refractivity (Wildman–Crippen MR) is 113 cm³/mol. The average molecular weight is 345 g/mol. The minimum absolute atomic E-state index is 0.594. The van der Waals surface area contributed by atoms with E-state index in [2.05, 4.69) is 62.4 Å². The average Bonchev–Trinajstić information content (AvgIpc) is 2.89. The van der Waals surface area contributed by atoms with Crippen LogP contribution in [0.15, 0.2) is 48.0 Å². The summed E-state index contributed by atoms with van der Waals surface area (Å²) in [6.45, 7) is 4.52. The third-order valence-electron chi connectivity index (χ3n) is 6.38. The molecule has 0 heterocycles. The Labute approximate surface area is 159 Å². The number of hydrogen-bond donors (Lipinski definition) is 0. The second kappa shape index (κ2) is 7.82. The predicted octanol–water partition coefficient (Wildman–Crippen LogP) is 7.78. The van der Waals surface area contributed by atoms with Crippen molar-refractivity contribution in [2.75, 3.05) is 0 Å². The van der Waals surface area contributed by atoms with Crippen molar-refractivity contribution < 1.29 is 0 Å². The lowest BCUT2D eigenvalue weighted by Crippen LogP contribution is -2.00. The van der Waals surface area contributed by atoms with Crippen molar-refractivity contribution in [1.82, 2.24) is 0 Å². The van der Waals surface area contributed by atoms with Crippen molar-refractivity contribution in [3.05, 3.63) is 64.7 Å². The van der Waals surface area contributed by atoms with Gasteiger partial charge in [0.2, 0.25) is 0 Å². The Bertz CT molecular complexity index is 768. The SMILES string of the molecule is CC(C)c1ccc(-c2cccc3c2C=C(CC2CCCCCC2)C3)cc1. The first-order chi connectivity index (χ1) is 12.7. The molecule has 0 amide bonds. The second-order valence-electron chi connectivity index (χ2n) is 8.70. The number of fused-ring (bicyclic) bond motifs is 1. The van der Waals surface area contributed by atoms with E-state index in [9.17, 15) is 0 Å². The minimum atomic E-state index is 0.594. The molecule has 4 rings (SSSR count). The summed E-state index contributed by atoms with van der Waals surface area (Å²) in [5.41, 5.74) is 8.86. The normalized spacial score (nSPS) is 17.9. The van der Waals surface area contributed by atoms with Gasteiger partial charge < -0.3 is 0 Å². The van der Waals surface area contributed by atoms with E-state index < -0.39 is 0 Å². The minimum Gasteiger partial charge on any atom is -0.0649 e. The molecule has 0 saturated heterocycles. The van der Waals surface area contributed by atoms with Gasteiger partial charge in [-0.1, -0.05) is 106 Å². The van der Waals surface area contributed by atoms with E-state index in [1.807, 2.05) is 0 Å². The molecule has 0 aromatic heterocycles. The fourth-order valence-corrected chi connectivity index (χ4v) is 4.81. The van der Waals surface area contributed by atoms with Gasteiger partial charge in [-0.15, -0.1) is 0 Å². The number of rotatable bonds is 4. The largest absolute Gasteiger partial charge is 0.0649 e. The van der Waals surface area contributed by atoms with E-state index in [1.54, 1.807) is 5.57 Å². The van der Waals surface area contributed by atoms with Crippen molar-refractivity contribution in [2.24, 2.45) is 5.92 Å². The molecule has 0 N–H and O–H groups in total. The molecule has 0 atom stereocenters. The Morgan fingerprint density at radius 2 is 1.62 bits per heavy atom. The zero-order chi connectivity index (χ0) is 17.9. The highest BCUT2D eigenvalue weighted by molar-refractivity contribution is 5.80. The molecule has 26 heavy (non-hydrogen) atoms. The number of benzene rings is 2. The van der Waals surface area contributed by atoms with Crippen molar-refractivity contribution in [3.63, 3.8) is 0 Å². The Balaban J connectivity index is 1.57. The summed E-state index contributed by atoms with van der Waals surface area (Å²) in [4.78, 5) is 0. The van der Waals surface area contributed by atoms with Gasteiger partial charge in [0, 0.05) is 0 Å². The molecule has 2 aromatic carbocycles. The molecular formula is C26H32. The molecular weight excluding hydrogens is 312 g/mol. The summed E-state index contributed by atoms with van der Waals surface area (Å²) >= 11 is 0. The fourth-order valence-electron chi connectivity index (χ4n) is 4.81. The Morgan fingerprint density at radius 1 is 0.885 bits per heavy atom. The van der Waals surface area contributed by atoms with E-state index in [0.717, 1.165) is 5.92 Å². The molecule has 0 radical (unpaired) electrons. The van der Waals surface area contributed by atoms with Crippen LogP contribution in [0.2, 0.25) is 0 Å². The molecule has 1 saturated carbocycles. The molecule has 2 aliphatic rings. The first kappa shape index (κ1) is 17.6. The number of hydrogen-bond acceptors (Lipinski definition) is 0. The summed E-state index contributed by atoms with van der Waals surface area (Å²) in [6, 6.07) is 16.1. The van der Waals surface area contributed by atoms with Crippen LogP contribution in [0.4, 0.5) is 0 Å². The molecule has 0 bridgehead atoms. The molecule has 0 spiro atoms. The molecule has 136 valence electrons. The molecule has 2 aliphatic carbocycles. The van der Waals surface area contributed by atoms with E-state index >= 15 is 0 Å². The van der Waals surface area contributed by atoms with Crippen LogP contribution in [-0.2, 0) is 6.42 Å². The van der Waals surface area contributed by atoms with Gasteiger partial charge in [0.25, 0.3) is 0 Å². The van der Waals surface area contributed by atoms with E-state index in [1.165, 1.54) is 79.2 Å². The lowest BCUT2D eigenvalue weighted by atomic mass is 9.92. The van der Waals surface area contributed by atoms with Crippen LogP contribution >= 0.6 is 0 Å². The van der Waals surface area contributed by atoms with Gasteiger partial charge in [-0.25, -0.2) is 0 Å². The maximum Gasteiger partial charge on any atom is -0.00575 e. The van der Waals surface area contributed by atoms with Gasteiger partial charge in [0.1, 0.15) is 0 Å². The van der Waals surface area contributed by atoms with E-state index in [0.29, 0.717) is 5.92 Å². The zero-order valence-electron chi connectivity index (χ0n) is 16.4. The molecule has 2 aromatic rings. The van der Waals surface area contributed by atoms with Crippen molar-refractivity contribution in [2.45, 2.75) is 71.1 Å². The monoisotopic (exact) mass is 344 g/mol. The summed E-state index contributed by atoms with van der Waals surface area (Å²) in [6.07, 6.45) is 13.7. The Morgan fingerprint density at radius 3 is 2.31 bits per heavy atom. The topological polar surface area (TPSA) is 0 Å². The van der Waals surface area contributed by atoms with Crippen LogP contribution in [-0.4, -0.2) is 0 Å². The highest BCUT2D eigenvalue weighted by atomic mass is 14.2. The highest BCUT2D eigenvalue weighted by Gasteiger charge is 2.20. The fraction of sp³-hybridized carbons (Fsp3) is 0.462. The van der Waals surface area contributed by atoms with Crippen molar-refractivity contribution in [3.8, 4) is 11.1 Å².